The van der Waals surface area contributed by atoms with E-state index in [4.69, 9.17) is 0 Å². The van der Waals surface area contributed by atoms with Gasteiger partial charge in [-0.2, -0.15) is 18.2 Å². The van der Waals surface area contributed by atoms with Crippen LogP contribution >= 0.6 is 0 Å². The van der Waals surface area contributed by atoms with E-state index < -0.39 is 0 Å². The second-order valence-electron chi connectivity index (χ2n) is 0.962. The zero-order valence-electron chi connectivity index (χ0n) is 3.29. The van der Waals surface area contributed by atoms with Crippen molar-refractivity contribution in [3.63, 3.8) is 0 Å². The fourth-order valence-electron chi connectivity index (χ4n) is 0.321. The van der Waals surface area contributed by atoms with Crippen LogP contribution in [-0.2, 0) is 0 Å². The quantitative estimate of drug-likeness (QED) is 0.574. The van der Waals surface area contributed by atoms with Crippen molar-refractivity contribution >= 4 is 0 Å². The van der Waals surface area contributed by atoms with Crippen LogP contribution in [0.2, 0.25) is 0 Å². The van der Waals surface area contributed by atoms with Gasteiger partial charge in [0.15, 0.2) is 0 Å². The molecule has 0 aromatic heterocycles. The van der Waals surface area contributed by atoms with Crippen LogP contribution in [0, 0.1) is 40.4 Å². The molecule has 1 aromatic rings. The predicted molar refractivity (Wildman–Crippen MR) is 22.0 cm³/mol. The molecule has 0 saturated carbocycles. The Morgan fingerprint density at radius 3 is 1.67 bits per heavy atom. The Morgan fingerprint density at radius 1 is 1.00 bits per heavy atom. The molecule has 0 nitrogen and oxygen atoms in total. The fourth-order valence-corrected chi connectivity index (χ4v) is 0.321. The molecular weight excluding hydrogens is 210 g/mol. The molecule has 32 valence electrons. The third-order valence-electron chi connectivity index (χ3n) is 0.556. The molecule has 6 heavy (non-hydrogen) atoms. The van der Waals surface area contributed by atoms with Gasteiger partial charge in [0.25, 0.3) is 0 Å². The van der Waals surface area contributed by atoms with E-state index in [0.29, 0.717) is 0 Å². The Morgan fingerprint density at radius 2 is 1.50 bits per heavy atom. The van der Waals surface area contributed by atoms with Gasteiger partial charge in [-0.05, 0) is 0 Å². The van der Waals surface area contributed by atoms with E-state index in [1.807, 2.05) is 30.3 Å². The molecule has 0 aliphatic rings. The van der Waals surface area contributed by atoms with Crippen LogP contribution in [0.15, 0.2) is 30.3 Å². The Kier molecular flexibility index (Phi) is 4.31. The summed E-state index contributed by atoms with van der Waals surface area (Å²) in [4.78, 5) is 0. The maximum atomic E-state index is 2.00. The van der Waals surface area contributed by atoms with Gasteiger partial charge < -0.3 is 0 Å². The number of rotatable bonds is 0. The normalized spacial score (nSPS) is 6.67. The van der Waals surface area contributed by atoms with E-state index in [1.165, 1.54) is 0 Å². The summed E-state index contributed by atoms with van der Waals surface area (Å²) in [5, 5.41) is 0. The summed E-state index contributed by atoms with van der Waals surface area (Å²) < 4.78 is 0. The van der Waals surface area contributed by atoms with Crippen LogP contribution in [0.1, 0.15) is 0 Å². The molecule has 1 heteroatoms. The summed E-state index contributed by atoms with van der Waals surface area (Å²) in [6.07, 6.45) is 0. The maximum absolute atomic E-state index is 2.00. The topological polar surface area (TPSA) is 0 Å². The van der Waals surface area contributed by atoms with Crippen molar-refractivity contribution in [3.8, 4) is 0 Å². The summed E-state index contributed by atoms with van der Waals surface area (Å²) in [6.45, 7) is 0. The third kappa shape index (κ3) is 1.97. The largest absolute Gasteiger partial charge is 0.214 e. The Hall–Kier alpha value is 0.688. The summed E-state index contributed by atoms with van der Waals surface area (Å²) in [5.74, 6) is 0. The monoisotopic (exact) mass is 217 g/mol. The van der Waals surface area contributed by atoms with E-state index in [0.717, 1.165) is 0 Å². The molecule has 0 N–H and O–H groups in total. The second kappa shape index (κ2) is 3.86. The average molecular weight is 215 g/mol. The SMILES string of the molecule is [Sm].c1cc[cH-]c1. The van der Waals surface area contributed by atoms with Crippen molar-refractivity contribution in [3.05, 3.63) is 30.3 Å². The van der Waals surface area contributed by atoms with Crippen LogP contribution < -0.4 is 0 Å². The molecule has 0 saturated heterocycles. The first-order valence-corrected chi connectivity index (χ1v) is 1.67. The van der Waals surface area contributed by atoms with Gasteiger partial charge in [-0.1, -0.05) is 0 Å². The zero-order chi connectivity index (χ0) is 3.54. The molecule has 0 aliphatic heterocycles. The van der Waals surface area contributed by atoms with E-state index in [1.54, 1.807) is 0 Å². The van der Waals surface area contributed by atoms with Crippen molar-refractivity contribution in [2.45, 2.75) is 0 Å². The molecular formula is C5H5Sm-. The number of hydrogen-bond acceptors (Lipinski definition) is 0. The smallest absolute Gasteiger partial charge is 0 e. The van der Waals surface area contributed by atoms with Crippen LogP contribution in [0.25, 0.3) is 0 Å². The predicted octanol–water partition coefficient (Wildman–Crippen LogP) is 1.41. The van der Waals surface area contributed by atoms with Gasteiger partial charge in [-0.3, -0.25) is 0 Å². The van der Waals surface area contributed by atoms with Gasteiger partial charge >= 0.3 is 0 Å². The molecule has 1 rings (SSSR count). The Balaban J connectivity index is 0.000000250. The van der Waals surface area contributed by atoms with Crippen LogP contribution in [0.3, 0.4) is 0 Å². The second-order valence-corrected chi connectivity index (χ2v) is 0.962. The summed E-state index contributed by atoms with van der Waals surface area (Å²) in [6, 6.07) is 10.0. The molecule has 0 aliphatic carbocycles. The van der Waals surface area contributed by atoms with E-state index in [-0.39, 0.29) is 40.4 Å². The van der Waals surface area contributed by atoms with Crippen LogP contribution in [0.4, 0.5) is 0 Å². The third-order valence-corrected chi connectivity index (χ3v) is 0.556. The minimum atomic E-state index is 0. The van der Waals surface area contributed by atoms with E-state index in [9.17, 15) is 0 Å². The molecule has 1 aromatic carbocycles. The van der Waals surface area contributed by atoms with Crippen LogP contribution in [0.5, 0.6) is 0 Å². The molecule has 0 amide bonds. The molecule has 0 unspecified atom stereocenters. The van der Waals surface area contributed by atoms with E-state index >= 15 is 0 Å². The minimum Gasteiger partial charge on any atom is -0.214 e. The first-order chi connectivity index (χ1) is 2.50. The first-order valence-electron chi connectivity index (χ1n) is 1.67. The molecule has 0 fully saturated rings. The Bertz CT molecular complexity index is 60.4. The summed E-state index contributed by atoms with van der Waals surface area (Å²) in [7, 11) is 0. The summed E-state index contributed by atoms with van der Waals surface area (Å²) >= 11 is 0. The van der Waals surface area contributed by atoms with Gasteiger partial charge in [0.1, 0.15) is 0 Å². The number of hydrogen-bond donors (Lipinski definition) is 0. The zero-order valence-corrected chi connectivity index (χ0v) is 5.91. The van der Waals surface area contributed by atoms with Crippen molar-refractivity contribution in [1.29, 1.82) is 0 Å². The van der Waals surface area contributed by atoms with Gasteiger partial charge in [-0.15, -0.1) is 0 Å². The maximum Gasteiger partial charge on any atom is 0 e. The minimum absolute atomic E-state index is 0. The van der Waals surface area contributed by atoms with Gasteiger partial charge in [0.2, 0.25) is 0 Å². The average Bonchev–Trinajstić information content (AvgIpc) is 1.76. The molecule has 0 spiro atoms. The molecule has 0 radical (unpaired) electrons. The molecule has 0 bridgehead atoms. The molecule has 0 atom stereocenters. The van der Waals surface area contributed by atoms with Crippen molar-refractivity contribution < 1.29 is 40.4 Å². The van der Waals surface area contributed by atoms with Gasteiger partial charge in [0.05, 0.1) is 0 Å². The van der Waals surface area contributed by atoms with Crippen molar-refractivity contribution in [1.82, 2.24) is 0 Å². The van der Waals surface area contributed by atoms with Gasteiger partial charge in [0, 0.05) is 40.4 Å². The fraction of sp³-hybridized carbons (Fsp3) is 0. The molecule has 0 heterocycles. The van der Waals surface area contributed by atoms with E-state index in [2.05, 4.69) is 0 Å². The van der Waals surface area contributed by atoms with Crippen molar-refractivity contribution in [2.24, 2.45) is 0 Å². The van der Waals surface area contributed by atoms with Crippen molar-refractivity contribution in [2.75, 3.05) is 0 Å². The standard InChI is InChI=1S/C5H5.Sm/c1-2-4-5-3-1;/h1-5H;/q-1;. The first kappa shape index (κ1) is 6.69. The summed E-state index contributed by atoms with van der Waals surface area (Å²) in [5.41, 5.74) is 0. The van der Waals surface area contributed by atoms with Crippen LogP contribution in [-0.4, -0.2) is 0 Å². The van der Waals surface area contributed by atoms with Gasteiger partial charge in [-0.25, -0.2) is 12.1 Å². The Labute approximate surface area is 70.0 Å².